The molecule has 1 aromatic heterocycles. The van der Waals surface area contributed by atoms with E-state index in [9.17, 15) is 4.79 Å². The van der Waals surface area contributed by atoms with Gasteiger partial charge in [-0.05, 0) is 56.5 Å². The van der Waals surface area contributed by atoms with Crippen LogP contribution in [0.5, 0.6) is 0 Å². The van der Waals surface area contributed by atoms with Gasteiger partial charge in [0.15, 0.2) is 0 Å². The van der Waals surface area contributed by atoms with Gasteiger partial charge in [0, 0.05) is 24.7 Å². The van der Waals surface area contributed by atoms with Gasteiger partial charge in [0.25, 0.3) is 5.56 Å². The second kappa shape index (κ2) is 9.24. The molecule has 5 nitrogen and oxygen atoms in total. The van der Waals surface area contributed by atoms with E-state index in [2.05, 4.69) is 48.1 Å². The number of hydrogen-bond acceptors (Lipinski definition) is 4. The van der Waals surface area contributed by atoms with Gasteiger partial charge in [0.2, 0.25) is 0 Å². The first kappa shape index (κ1) is 20.3. The van der Waals surface area contributed by atoms with Crippen molar-refractivity contribution in [3.8, 4) is 0 Å². The Labute approximate surface area is 178 Å². The smallest absolute Gasteiger partial charge is 0.282 e. The van der Waals surface area contributed by atoms with Crippen LogP contribution in [0.1, 0.15) is 63.3 Å². The molecule has 0 aliphatic heterocycles. The molecular weight excluding hydrogens is 372 g/mol. The molecule has 0 saturated heterocycles. The highest BCUT2D eigenvalue weighted by atomic mass is 16.1. The van der Waals surface area contributed by atoms with Crippen molar-refractivity contribution in [3.05, 3.63) is 70.3 Å². The molecule has 1 saturated carbocycles. The predicted octanol–water partition coefficient (Wildman–Crippen LogP) is 5.17. The molecule has 2 aromatic carbocycles. The van der Waals surface area contributed by atoms with E-state index in [1.807, 2.05) is 24.3 Å². The SMILES string of the molecule is CCN(CC)c1ccc(C=Nn2c(C3CCCCC3)nc3ccccc3c2=O)cc1. The highest BCUT2D eigenvalue weighted by Crippen LogP contribution is 2.31. The number of benzene rings is 2. The zero-order chi connectivity index (χ0) is 20.9. The molecule has 5 heteroatoms. The number of rotatable bonds is 6. The van der Waals surface area contributed by atoms with Gasteiger partial charge in [0.1, 0.15) is 5.82 Å². The summed E-state index contributed by atoms with van der Waals surface area (Å²) >= 11 is 0. The summed E-state index contributed by atoms with van der Waals surface area (Å²) in [4.78, 5) is 20.4. The molecule has 30 heavy (non-hydrogen) atoms. The van der Waals surface area contributed by atoms with E-state index in [0.717, 1.165) is 42.8 Å². The Balaban J connectivity index is 1.72. The van der Waals surface area contributed by atoms with Crippen LogP contribution in [0.2, 0.25) is 0 Å². The normalized spacial score (nSPS) is 15.1. The maximum atomic E-state index is 13.2. The standard InChI is InChI=1S/C25H30N4O/c1-3-28(4-2)21-16-14-19(15-17-21)18-26-29-24(20-10-6-5-7-11-20)27-23-13-9-8-12-22(23)25(29)30/h8-9,12-18,20H,3-7,10-11H2,1-2H3. The lowest BCUT2D eigenvalue weighted by Gasteiger charge is -2.22. The van der Waals surface area contributed by atoms with E-state index in [0.29, 0.717) is 11.3 Å². The first-order valence-corrected chi connectivity index (χ1v) is 11.1. The van der Waals surface area contributed by atoms with Crippen LogP contribution in [0.25, 0.3) is 10.9 Å². The largest absolute Gasteiger partial charge is 0.372 e. The fourth-order valence-corrected chi connectivity index (χ4v) is 4.36. The van der Waals surface area contributed by atoms with Gasteiger partial charge in [0.05, 0.1) is 17.1 Å². The Morgan fingerprint density at radius 1 is 1.03 bits per heavy atom. The van der Waals surface area contributed by atoms with Crippen molar-refractivity contribution >= 4 is 22.8 Å². The van der Waals surface area contributed by atoms with E-state index in [1.165, 1.54) is 29.6 Å². The maximum Gasteiger partial charge on any atom is 0.282 e. The molecule has 1 heterocycles. The molecule has 1 aliphatic rings. The van der Waals surface area contributed by atoms with Crippen molar-refractivity contribution in [2.75, 3.05) is 18.0 Å². The highest BCUT2D eigenvalue weighted by Gasteiger charge is 2.22. The van der Waals surface area contributed by atoms with Crippen LogP contribution in [-0.4, -0.2) is 29.0 Å². The Kier molecular flexibility index (Phi) is 6.26. The van der Waals surface area contributed by atoms with Gasteiger partial charge < -0.3 is 4.90 Å². The lowest BCUT2D eigenvalue weighted by Crippen LogP contribution is -2.25. The van der Waals surface area contributed by atoms with Gasteiger partial charge in [-0.25, -0.2) is 4.98 Å². The third-order valence-electron chi connectivity index (χ3n) is 6.09. The topological polar surface area (TPSA) is 50.5 Å². The molecule has 1 aliphatic carbocycles. The van der Waals surface area contributed by atoms with Crippen LogP contribution >= 0.6 is 0 Å². The summed E-state index contributed by atoms with van der Waals surface area (Å²) in [5.74, 6) is 1.09. The molecule has 0 N–H and O–H groups in total. The molecule has 0 radical (unpaired) electrons. The summed E-state index contributed by atoms with van der Waals surface area (Å²) in [7, 11) is 0. The van der Waals surface area contributed by atoms with Crippen molar-refractivity contribution in [3.63, 3.8) is 0 Å². The summed E-state index contributed by atoms with van der Waals surface area (Å²) < 4.78 is 1.54. The highest BCUT2D eigenvalue weighted by molar-refractivity contribution is 5.81. The van der Waals surface area contributed by atoms with Crippen molar-refractivity contribution in [1.82, 2.24) is 9.66 Å². The average molecular weight is 403 g/mol. The van der Waals surface area contributed by atoms with Crippen LogP contribution in [-0.2, 0) is 0 Å². The second-order valence-corrected chi connectivity index (χ2v) is 7.95. The maximum absolute atomic E-state index is 13.2. The zero-order valence-electron chi connectivity index (χ0n) is 17.9. The Hall–Kier alpha value is -2.95. The number of nitrogens with zero attached hydrogens (tertiary/aromatic N) is 4. The fourth-order valence-electron chi connectivity index (χ4n) is 4.36. The van der Waals surface area contributed by atoms with E-state index < -0.39 is 0 Å². The molecule has 1 fully saturated rings. The van der Waals surface area contributed by atoms with Gasteiger partial charge >= 0.3 is 0 Å². The van der Waals surface area contributed by atoms with Crippen LogP contribution in [0.4, 0.5) is 5.69 Å². The third kappa shape index (κ3) is 4.16. The summed E-state index contributed by atoms with van der Waals surface area (Å²) in [6.07, 6.45) is 7.54. The number of aromatic nitrogens is 2. The summed E-state index contributed by atoms with van der Waals surface area (Å²) in [6.45, 7) is 6.27. The van der Waals surface area contributed by atoms with Gasteiger partial charge in [-0.2, -0.15) is 9.78 Å². The molecule has 0 unspecified atom stereocenters. The Morgan fingerprint density at radius 2 is 1.73 bits per heavy atom. The van der Waals surface area contributed by atoms with Crippen LogP contribution < -0.4 is 10.5 Å². The number of hydrogen-bond donors (Lipinski definition) is 0. The van der Waals surface area contributed by atoms with Crippen molar-refractivity contribution in [2.45, 2.75) is 51.9 Å². The second-order valence-electron chi connectivity index (χ2n) is 7.95. The van der Waals surface area contributed by atoms with E-state index in [1.54, 1.807) is 6.21 Å². The summed E-state index contributed by atoms with van der Waals surface area (Å²) in [5, 5.41) is 5.24. The van der Waals surface area contributed by atoms with Gasteiger partial charge in [-0.3, -0.25) is 4.79 Å². The van der Waals surface area contributed by atoms with Crippen molar-refractivity contribution < 1.29 is 0 Å². The lowest BCUT2D eigenvalue weighted by molar-refractivity contribution is 0.416. The molecule has 0 atom stereocenters. The average Bonchev–Trinajstić information content (AvgIpc) is 2.80. The minimum atomic E-state index is -0.0859. The third-order valence-corrected chi connectivity index (χ3v) is 6.09. The number of para-hydroxylation sites is 1. The van der Waals surface area contributed by atoms with Crippen LogP contribution in [0, 0.1) is 0 Å². The minimum Gasteiger partial charge on any atom is -0.372 e. The molecule has 0 spiro atoms. The van der Waals surface area contributed by atoms with Gasteiger partial charge in [-0.15, -0.1) is 0 Å². The van der Waals surface area contributed by atoms with E-state index >= 15 is 0 Å². The van der Waals surface area contributed by atoms with Crippen LogP contribution in [0.3, 0.4) is 0 Å². The Morgan fingerprint density at radius 3 is 2.43 bits per heavy atom. The number of anilines is 1. The Bertz CT molecular complexity index is 1070. The molecule has 0 bridgehead atoms. The molecule has 0 amide bonds. The van der Waals surface area contributed by atoms with Gasteiger partial charge in [-0.1, -0.05) is 43.5 Å². The zero-order valence-corrected chi connectivity index (χ0v) is 17.9. The van der Waals surface area contributed by atoms with E-state index in [4.69, 9.17) is 4.98 Å². The monoisotopic (exact) mass is 402 g/mol. The molecule has 156 valence electrons. The first-order chi connectivity index (χ1) is 14.7. The molecular formula is C25H30N4O. The van der Waals surface area contributed by atoms with Crippen molar-refractivity contribution in [1.29, 1.82) is 0 Å². The lowest BCUT2D eigenvalue weighted by atomic mass is 9.88. The quantitative estimate of drug-likeness (QED) is 0.534. The molecule has 3 aromatic rings. The fraction of sp³-hybridized carbons (Fsp3) is 0.400. The summed E-state index contributed by atoms with van der Waals surface area (Å²) in [5.41, 5.74) is 2.85. The molecule has 4 rings (SSSR count). The van der Waals surface area contributed by atoms with Crippen LogP contribution in [0.15, 0.2) is 58.4 Å². The predicted molar refractivity (Wildman–Crippen MR) is 125 cm³/mol. The number of fused-ring (bicyclic) bond motifs is 1. The first-order valence-electron chi connectivity index (χ1n) is 11.1. The van der Waals surface area contributed by atoms with Crippen molar-refractivity contribution in [2.24, 2.45) is 5.10 Å². The summed E-state index contributed by atoms with van der Waals surface area (Å²) in [6, 6.07) is 15.9. The minimum absolute atomic E-state index is 0.0859. The van der Waals surface area contributed by atoms with E-state index in [-0.39, 0.29) is 5.56 Å².